The van der Waals surface area contributed by atoms with Gasteiger partial charge in [0.05, 0.1) is 41.2 Å². The van der Waals surface area contributed by atoms with Crippen LogP contribution in [0.4, 0.5) is 5.69 Å². The van der Waals surface area contributed by atoms with Crippen molar-refractivity contribution in [3.05, 3.63) is 143 Å². The van der Waals surface area contributed by atoms with Crippen molar-refractivity contribution in [2.24, 2.45) is 10.8 Å². The molecular formula is C55H57NO6. The summed E-state index contributed by atoms with van der Waals surface area (Å²) in [6, 6.07) is 36.7. The van der Waals surface area contributed by atoms with Crippen molar-refractivity contribution in [3.63, 3.8) is 0 Å². The molecule has 0 bridgehead atoms. The Kier molecular flexibility index (Phi) is 9.73. The molecule has 7 heteroatoms. The SMILES string of the molecule is COc1ccc(C2(c3ccc(N4CCOCC4)cc3)C=Cc3c4c(c5cc(-c6ccc(CO)cc6OC)c(OC)cc5c3O2)-c2ccccc2C42CC(C)(C)CC(C)(C)C2)cc1. The predicted molar refractivity (Wildman–Crippen MR) is 249 cm³/mol. The minimum Gasteiger partial charge on any atom is -0.497 e. The van der Waals surface area contributed by atoms with Crippen LogP contribution in [0.3, 0.4) is 0 Å². The third-order valence-electron chi connectivity index (χ3n) is 14.0. The number of aliphatic hydroxyl groups is 1. The van der Waals surface area contributed by atoms with Crippen LogP contribution in [0.1, 0.15) is 80.3 Å². The molecule has 6 aromatic carbocycles. The quantitative estimate of drug-likeness (QED) is 0.164. The van der Waals surface area contributed by atoms with E-state index in [0.717, 1.165) is 101 Å². The van der Waals surface area contributed by atoms with Crippen molar-refractivity contribution in [3.8, 4) is 45.3 Å². The van der Waals surface area contributed by atoms with Crippen molar-refractivity contribution >= 4 is 22.5 Å². The monoisotopic (exact) mass is 827 g/mol. The number of nitrogens with zero attached hydrogens (tertiary/aromatic N) is 1. The molecule has 1 saturated heterocycles. The van der Waals surface area contributed by atoms with Crippen LogP contribution >= 0.6 is 0 Å². The molecule has 0 radical (unpaired) electrons. The largest absolute Gasteiger partial charge is 0.497 e. The van der Waals surface area contributed by atoms with Crippen molar-refractivity contribution < 1.29 is 28.8 Å². The lowest BCUT2D eigenvalue weighted by atomic mass is 9.52. The van der Waals surface area contributed by atoms with Gasteiger partial charge < -0.3 is 33.7 Å². The Morgan fingerprint density at radius 1 is 0.661 bits per heavy atom. The van der Waals surface area contributed by atoms with Gasteiger partial charge in [-0.05, 0) is 112 Å². The molecule has 7 nitrogen and oxygen atoms in total. The van der Waals surface area contributed by atoms with E-state index in [2.05, 4.69) is 118 Å². The first-order chi connectivity index (χ1) is 29.9. The number of hydrogen-bond donors (Lipinski definition) is 1. The first-order valence-electron chi connectivity index (χ1n) is 22.0. The highest BCUT2D eigenvalue weighted by atomic mass is 16.5. The van der Waals surface area contributed by atoms with Gasteiger partial charge in [0.1, 0.15) is 23.0 Å². The molecule has 2 aliphatic heterocycles. The van der Waals surface area contributed by atoms with Gasteiger partial charge in [0.2, 0.25) is 0 Å². The summed E-state index contributed by atoms with van der Waals surface area (Å²) in [6.45, 7) is 12.9. The zero-order valence-electron chi connectivity index (χ0n) is 37.1. The number of aliphatic hydroxyl groups excluding tert-OH is 1. The Morgan fingerprint density at radius 3 is 1.98 bits per heavy atom. The van der Waals surface area contributed by atoms with Gasteiger partial charge in [-0.2, -0.15) is 0 Å². The summed E-state index contributed by atoms with van der Waals surface area (Å²) < 4.78 is 31.5. The summed E-state index contributed by atoms with van der Waals surface area (Å²) in [7, 11) is 5.11. The standard InChI is InChI=1S/C55H57NO6/c1-52(2)32-53(3,4)34-54(33-52)46-11-9-8-10-41(46)49-44-29-43(40-21-12-35(31-57)28-47(40)59-6)48(60-7)30-45(44)51-42(50(49)54)22-23-55(62-51,37-15-19-39(58-5)20-16-37)36-13-17-38(18-14-36)56-24-26-61-27-25-56/h8-23,28-30,57H,24-27,31-34H2,1-7H3. The Hall–Kier alpha value is -5.76. The fourth-order valence-electron chi connectivity index (χ4n) is 12.2. The Morgan fingerprint density at radius 2 is 1.32 bits per heavy atom. The van der Waals surface area contributed by atoms with Crippen LogP contribution in [0.5, 0.6) is 23.0 Å². The molecule has 318 valence electrons. The normalized spacial score (nSPS) is 20.3. The van der Waals surface area contributed by atoms with Crippen molar-refractivity contribution in [1.82, 2.24) is 0 Å². The highest BCUT2D eigenvalue weighted by Gasteiger charge is 2.55. The first kappa shape index (κ1) is 40.3. The molecule has 1 atom stereocenters. The molecule has 6 aromatic rings. The smallest absolute Gasteiger partial charge is 0.178 e. The summed E-state index contributed by atoms with van der Waals surface area (Å²) in [5.41, 5.74) is 11.2. The maximum absolute atomic E-state index is 10.1. The number of methoxy groups -OCH3 is 3. The molecule has 0 amide bonds. The van der Waals surface area contributed by atoms with Crippen molar-refractivity contribution in [2.75, 3.05) is 52.5 Å². The average molecular weight is 828 g/mol. The third-order valence-corrected chi connectivity index (χ3v) is 14.0. The summed E-state index contributed by atoms with van der Waals surface area (Å²) in [5, 5.41) is 12.2. The molecule has 4 aliphatic rings. The van der Waals surface area contributed by atoms with E-state index in [-0.39, 0.29) is 22.9 Å². The van der Waals surface area contributed by atoms with Crippen molar-refractivity contribution in [2.45, 2.75) is 64.6 Å². The average Bonchev–Trinajstić information content (AvgIpc) is 3.55. The molecule has 1 unspecified atom stereocenters. The van der Waals surface area contributed by atoms with E-state index in [1.807, 2.05) is 30.3 Å². The highest BCUT2D eigenvalue weighted by molar-refractivity contribution is 6.11. The fourth-order valence-corrected chi connectivity index (χ4v) is 12.2. The molecule has 62 heavy (non-hydrogen) atoms. The van der Waals surface area contributed by atoms with Crippen LogP contribution < -0.4 is 23.8 Å². The second-order valence-electron chi connectivity index (χ2n) is 19.3. The fraction of sp³-hybridized carbons (Fsp3) is 0.345. The molecule has 1 N–H and O–H groups in total. The molecule has 1 saturated carbocycles. The lowest BCUT2D eigenvalue weighted by molar-refractivity contribution is 0.0642. The van der Waals surface area contributed by atoms with Gasteiger partial charge in [0.15, 0.2) is 5.60 Å². The van der Waals surface area contributed by atoms with Crippen LogP contribution in [0.25, 0.3) is 39.1 Å². The van der Waals surface area contributed by atoms with Crippen molar-refractivity contribution in [1.29, 1.82) is 0 Å². The second-order valence-corrected chi connectivity index (χ2v) is 19.3. The van der Waals surface area contributed by atoms with Crippen LogP contribution in [0.15, 0.2) is 109 Å². The van der Waals surface area contributed by atoms with E-state index in [1.54, 1.807) is 21.3 Å². The molecule has 10 rings (SSSR count). The minimum atomic E-state index is -0.969. The van der Waals surface area contributed by atoms with Gasteiger partial charge in [0.25, 0.3) is 0 Å². The van der Waals surface area contributed by atoms with E-state index in [9.17, 15) is 5.11 Å². The van der Waals surface area contributed by atoms with E-state index >= 15 is 0 Å². The third kappa shape index (κ3) is 6.38. The van der Waals surface area contributed by atoms with Gasteiger partial charge >= 0.3 is 0 Å². The van der Waals surface area contributed by atoms with E-state index in [0.29, 0.717) is 11.5 Å². The number of ether oxygens (including phenoxy) is 5. The molecular weight excluding hydrogens is 771 g/mol. The van der Waals surface area contributed by atoms with Gasteiger partial charge in [-0.1, -0.05) is 94.4 Å². The summed E-state index contributed by atoms with van der Waals surface area (Å²) in [4.78, 5) is 2.39. The van der Waals surface area contributed by atoms with E-state index < -0.39 is 5.60 Å². The second kappa shape index (κ2) is 15.0. The first-order valence-corrected chi connectivity index (χ1v) is 22.0. The van der Waals surface area contributed by atoms with Gasteiger partial charge in [-0.3, -0.25) is 0 Å². The number of rotatable bonds is 8. The van der Waals surface area contributed by atoms with Crippen LogP contribution in [-0.2, 0) is 22.4 Å². The Bertz CT molecular complexity index is 2710. The van der Waals surface area contributed by atoms with Crippen LogP contribution in [0, 0.1) is 10.8 Å². The molecule has 0 aromatic heterocycles. The number of morpholine rings is 1. The maximum Gasteiger partial charge on any atom is 0.178 e. The van der Waals surface area contributed by atoms with E-state index in [1.165, 1.54) is 27.9 Å². The van der Waals surface area contributed by atoms with E-state index in [4.69, 9.17) is 23.7 Å². The molecule has 2 heterocycles. The number of hydrogen-bond acceptors (Lipinski definition) is 7. The highest BCUT2D eigenvalue weighted by Crippen LogP contribution is 2.67. The number of anilines is 1. The zero-order chi connectivity index (χ0) is 43.0. The Balaban J connectivity index is 1.29. The number of fused-ring (bicyclic) bond motifs is 10. The lowest BCUT2D eigenvalue weighted by Gasteiger charge is -2.52. The number of benzene rings is 6. The molecule has 2 fully saturated rings. The van der Waals surface area contributed by atoms with Gasteiger partial charge in [0, 0.05) is 57.4 Å². The zero-order valence-corrected chi connectivity index (χ0v) is 37.1. The summed E-state index contributed by atoms with van der Waals surface area (Å²) in [6.07, 6.45) is 7.85. The molecule has 2 aliphatic carbocycles. The van der Waals surface area contributed by atoms with Gasteiger partial charge in [-0.15, -0.1) is 0 Å². The predicted octanol–water partition coefficient (Wildman–Crippen LogP) is 11.7. The van der Waals surface area contributed by atoms with Crippen LogP contribution in [-0.4, -0.2) is 52.7 Å². The molecule has 1 spiro atoms. The van der Waals surface area contributed by atoms with Gasteiger partial charge in [-0.25, -0.2) is 0 Å². The Labute approximate surface area is 365 Å². The lowest BCUT2D eigenvalue weighted by Crippen LogP contribution is -2.44. The summed E-state index contributed by atoms with van der Waals surface area (Å²) >= 11 is 0. The van der Waals surface area contributed by atoms with Crippen LogP contribution in [0.2, 0.25) is 0 Å². The summed E-state index contributed by atoms with van der Waals surface area (Å²) in [5.74, 6) is 3.01. The maximum atomic E-state index is 10.1. The topological polar surface area (TPSA) is 69.6 Å². The minimum absolute atomic E-state index is 0.0759.